The van der Waals surface area contributed by atoms with Crippen molar-refractivity contribution in [2.75, 3.05) is 35.0 Å². The number of carbonyl (C=O) groups excluding carboxylic acids is 1. The first-order valence-corrected chi connectivity index (χ1v) is 15.2. The molecule has 36 heavy (non-hydrogen) atoms. The Kier molecular flexibility index (Phi) is 10.2. The highest BCUT2D eigenvalue weighted by Gasteiger charge is 2.36. The van der Waals surface area contributed by atoms with E-state index in [4.69, 9.17) is 23.4 Å². The van der Waals surface area contributed by atoms with Gasteiger partial charge in [0.15, 0.2) is 37.1 Å². The van der Waals surface area contributed by atoms with Crippen LogP contribution in [0.3, 0.4) is 0 Å². The summed E-state index contributed by atoms with van der Waals surface area (Å²) in [5.41, 5.74) is 2.91. The van der Waals surface area contributed by atoms with Crippen molar-refractivity contribution in [3.8, 4) is 34.1 Å². The molecule has 0 unspecified atom stereocenters. The van der Waals surface area contributed by atoms with Crippen LogP contribution in [0.1, 0.15) is 56.0 Å². The maximum atomic E-state index is 13.5. The molecule has 0 atom stereocenters. The van der Waals surface area contributed by atoms with Crippen LogP contribution in [0.25, 0.3) is 17.2 Å². The van der Waals surface area contributed by atoms with E-state index in [9.17, 15) is 4.79 Å². The Bertz CT molecular complexity index is 1070. The summed E-state index contributed by atoms with van der Waals surface area (Å²) in [7, 11) is 4.52. The lowest BCUT2D eigenvalue weighted by atomic mass is 9.91. The van der Waals surface area contributed by atoms with Gasteiger partial charge in [0.1, 0.15) is 0 Å². The van der Waals surface area contributed by atoms with Crippen molar-refractivity contribution < 1.29 is 28.2 Å². The molecule has 0 aliphatic carbocycles. The largest absolute Gasteiger partial charge is 0.493 e. The second kappa shape index (κ2) is 12.5. The number of hydrogen-bond acceptors (Lipinski definition) is 6. The van der Waals surface area contributed by atoms with Gasteiger partial charge in [-0.25, -0.2) is 0 Å². The second-order valence-electron chi connectivity index (χ2n) is 10.2. The first-order chi connectivity index (χ1) is 16.9. The minimum Gasteiger partial charge on any atom is -0.493 e. The topological polar surface area (TPSA) is 63.2 Å². The molecular formula is C29H42O6Si. The van der Waals surface area contributed by atoms with Gasteiger partial charge in [-0.15, -0.1) is 0 Å². The van der Waals surface area contributed by atoms with Crippen molar-refractivity contribution in [1.82, 2.24) is 0 Å². The Morgan fingerprint density at radius 2 is 1.33 bits per heavy atom. The van der Waals surface area contributed by atoms with Gasteiger partial charge in [0.25, 0.3) is 0 Å². The molecule has 0 aromatic heterocycles. The van der Waals surface area contributed by atoms with Crippen LogP contribution in [0.5, 0.6) is 23.0 Å². The zero-order chi connectivity index (χ0) is 27.1. The average molecular weight is 515 g/mol. The van der Waals surface area contributed by atoms with E-state index in [-0.39, 0.29) is 10.8 Å². The van der Waals surface area contributed by atoms with Crippen molar-refractivity contribution >= 4 is 20.2 Å². The molecule has 0 aliphatic rings. The summed E-state index contributed by atoms with van der Waals surface area (Å²) >= 11 is 0. The van der Waals surface area contributed by atoms with Crippen LogP contribution >= 0.6 is 0 Å². The molecule has 0 saturated heterocycles. The predicted octanol–water partition coefficient (Wildman–Crippen LogP) is 7.41. The molecule has 0 spiro atoms. The first-order valence-electron chi connectivity index (χ1n) is 12.3. The number of benzene rings is 2. The standard InChI is InChI=1S/C29H42O6Si/c1-11-20-16-25(31-5)26(32-6)17-21(20)22-18-27(33-7)28(34-8)19-23(22)24(30)14-12-13-15-35-36(9,10)29(2,3)4/h11,16-19H,1,12-15H2,2-10H3. The number of ketones is 1. The van der Waals surface area contributed by atoms with Crippen molar-refractivity contribution in [2.24, 2.45) is 0 Å². The Morgan fingerprint density at radius 1 is 0.833 bits per heavy atom. The minimum absolute atomic E-state index is 0.0306. The van der Waals surface area contributed by atoms with Gasteiger partial charge in [-0.2, -0.15) is 0 Å². The fourth-order valence-corrected chi connectivity index (χ4v) is 4.78. The predicted molar refractivity (Wildman–Crippen MR) is 150 cm³/mol. The molecule has 0 amide bonds. The summed E-state index contributed by atoms with van der Waals surface area (Å²) in [6.07, 6.45) is 3.71. The summed E-state index contributed by atoms with van der Waals surface area (Å²) in [6, 6.07) is 7.30. The van der Waals surface area contributed by atoms with Crippen LogP contribution < -0.4 is 18.9 Å². The molecule has 0 saturated carbocycles. The van der Waals surface area contributed by atoms with Crippen molar-refractivity contribution in [3.05, 3.63) is 42.0 Å². The molecule has 2 rings (SSSR count). The number of hydrogen-bond donors (Lipinski definition) is 0. The van der Waals surface area contributed by atoms with Crippen LogP contribution in [0.15, 0.2) is 30.8 Å². The SMILES string of the molecule is C=Cc1cc(OC)c(OC)cc1-c1cc(OC)c(OC)cc1C(=O)CCCCO[Si](C)(C)C(C)(C)C. The molecule has 198 valence electrons. The molecule has 0 heterocycles. The molecule has 2 aromatic carbocycles. The van der Waals surface area contributed by atoms with E-state index < -0.39 is 8.32 Å². The Morgan fingerprint density at radius 3 is 1.83 bits per heavy atom. The van der Waals surface area contributed by atoms with Gasteiger partial charge in [0.05, 0.1) is 28.4 Å². The number of ether oxygens (including phenoxy) is 4. The van der Waals surface area contributed by atoms with E-state index in [1.807, 2.05) is 18.2 Å². The second-order valence-corrected chi connectivity index (χ2v) is 15.0. The fourth-order valence-electron chi connectivity index (χ4n) is 3.70. The molecular weight excluding hydrogens is 472 g/mol. The van der Waals surface area contributed by atoms with Crippen LogP contribution in [0.2, 0.25) is 18.1 Å². The lowest BCUT2D eigenvalue weighted by Gasteiger charge is -2.36. The van der Waals surface area contributed by atoms with Crippen LogP contribution in [0, 0.1) is 0 Å². The third-order valence-electron chi connectivity index (χ3n) is 6.96. The zero-order valence-corrected chi connectivity index (χ0v) is 24.4. The zero-order valence-electron chi connectivity index (χ0n) is 23.4. The van der Waals surface area contributed by atoms with E-state index in [1.165, 1.54) is 0 Å². The summed E-state index contributed by atoms with van der Waals surface area (Å²) < 4.78 is 28.3. The molecule has 6 nitrogen and oxygen atoms in total. The number of methoxy groups -OCH3 is 4. The Hall–Kier alpha value is -2.77. The van der Waals surface area contributed by atoms with E-state index >= 15 is 0 Å². The Labute approximate surface area is 217 Å². The number of unbranched alkanes of at least 4 members (excludes halogenated alkanes) is 1. The van der Waals surface area contributed by atoms with Gasteiger partial charge in [-0.3, -0.25) is 4.79 Å². The quantitative estimate of drug-likeness (QED) is 0.158. The molecule has 0 radical (unpaired) electrons. The molecule has 2 aromatic rings. The first kappa shape index (κ1) is 29.5. The maximum absolute atomic E-state index is 13.5. The monoisotopic (exact) mass is 514 g/mol. The summed E-state index contributed by atoms with van der Waals surface area (Å²) in [4.78, 5) is 13.5. The normalized spacial score (nSPS) is 11.7. The third kappa shape index (κ3) is 6.71. The third-order valence-corrected chi connectivity index (χ3v) is 11.5. The molecule has 0 fully saturated rings. The van der Waals surface area contributed by atoms with Crippen LogP contribution in [-0.2, 0) is 4.43 Å². The highest BCUT2D eigenvalue weighted by molar-refractivity contribution is 6.74. The summed E-state index contributed by atoms with van der Waals surface area (Å²) in [6.45, 7) is 15.8. The highest BCUT2D eigenvalue weighted by atomic mass is 28.4. The molecule has 0 bridgehead atoms. The molecule has 0 aliphatic heterocycles. The summed E-state index contributed by atoms with van der Waals surface area (Å²) in [5, 5.41) is 0.166. The van der Waals surface area contributed by atoms with E-state index in [1.54, 1.807) is 40.6 Å². The van der Waals surface area contributed by atoms with E-state index in [0.717, 1.165) is 29.5 Å². The lowest BCUT2D eigenvalue weighted by Crippen LogP contribution is -2.40. The number of rotatable bonds is 13. The average Bonchev–Trinajstić information content (AvgIpc) is 2.85. The molecule has 7 heteroatoms. The van der Waals surface area contributed by atoms with E-state index in [2.05, 4.69) is 40.4 Å². The van der Waals surface area contributed by atoms with Gasteiger partial charge in [0, 0.05) is 18.6 Å². The van der Waals surface area contributed by atoms with E-state index in [0.29, 0.717) is 41.6 Å². The van der Waals surface area contributed by atoms with Gasteiger partial charge >= 0.3 is 0 Å². The van der Waals surface area contributed by atoms with Crippen molar-refractivity contribution in [2.45, 2.75) is 58.2 Å². The number of Topliss-reactive ketones (excluding diaryl/α,β-unsaturated/α-hetero) is 1. The van der Waals surface area contributed by atoms with Gasteiger partial charge in [-0.05, 0) is 71.9 Å². The highest BCUT2D eigenvalue weighted by Crippen LogP contribution is 2.42. The van der Waals surface area contributed by atoms with Gasteiger partial charge in [-0.1, -0.05) is 33.4 Å². The summed E-state index contributed by atoms with van der Waals surface area (Å²) in [5.74, 6) is 2.23. The maximum Gasteiger partial charge on any atom is 0.191 e. The lowest BCUT2D eigenvalue weighted by molar-refractivity contribution is 0.0978. The Balaban J connectivity index is 2.38. The van der Waals surface area contributed by atoms with Crippen LogP contribution in [0.4, 0.5) is 0 Å². The van der Waals surface area contributed by atoms with Crippen molar-refractivity contribution in [3.63, 3.8) is 0 Å². The van der Waals surface area contributed by atoms with Crippen molar-refractivity contribution in [1.29, 1.82) is 0 Å². The smallest absolute Gasteiger partial charge is 0.191 e. The number of carbonyl (C=O) groups is 1. The van der Waals surface area contributed by atoms with Gasteiger partial charge < -0.3 is 23.4 Å². The fraction of sp³-hybridized carbons (Fsp3) is 0.483. The van der Waals surface area contributed by atoms with Crippen LogP contribution in [-0.4, -0.2) is 49.1 Å². The van der Waals surface area contributed by atoms with Gasteiger partial charge in [0.2, 0.25) is 0 Å². The minimum atomic E-state index is -1.80. The molecule has 0 N–H and O–H groups in total.